The van der Waals surface area contributed by atoms with E-state index in [0.29, 0.717) is 18.8 Å². The first-order chi connectivity index (χ1) is 10.8. The molecule has 3 rings (SSSR count). The van der Waals surface area contributed by atoms with E-state index in [2.05, 4.69) is 14.5 Å². The Morgan fingerprint density at radius 2 is 1.95 bits per heavy atom. The molecule has 0 radical (unpaired) electrons. The Morgan fingerprint density at radius 3 is 2.73 bits per heavy atom. The smallest absolute Gasteiger partial charge is 0.152 e. The van der Waals surface area contributed by atoms with E-state index in [1.54, 1.807) is 0 Å². The van der Waals surface area contributed by atoms with Crippen molar-refractivity contribution in [1.82, 2.24) is 14.5 Å². The Labute approximate surface area is 128 Å². The summed E-state index contributed by atoms with van der Waals surface area (Å²) in [6, 6.07) is 7.93. The molecule has 0 bridgehead atoms. The molecule has 0 unspecified atom stereocenters. The summed E-state index contributed by atoms with van der Waals surface area (Å²) >= 11 is 0. The highest BCUT2D eigenvalue weighted by molar-refractivity contribution is 6.06. The minimum Gasteiger partial charge on any atom is -0.396 e. The summed E-state index contributed by atoms with van der Waals surface area (Å²) in [7, 11) is 0. The molecule has 0 aliphatic rings. The molecule has 6 nitrogen and oxygen atoms in total. The summed E-state index contributed by atoms with van der Waals surface area (Å²) in [6.07, 6.45) is 2.43. The second kappa shape index (κ2) is 6.29. The van der Waals surface area contributed by atoms with Crippen LogP contribution in [0.3, 0.4) is 0 Å². The first-order valence-corrected chi connectivity index (χ1v) is 7.60. The summed E-state index contributed by atoms with van der Waals surface area (Å²) in [6.45, 7) is 1.55. The van der Waals surface area contributed by atoms with Crippen LogP contribution in [0.5, 0.6) is 0 Å². The predicted octanol–water partition coefficient (Wildman–Crippen LogP) is 1.44. The topological polar surface area (TPSA) is 103 Å². The maximum atomic E-state index is 9.30. The van der Waals surface area contributed by atoms with E-state index in [0.717, 1.165) is 47.1 Å². The predicted molar refractivity (Wildman–Crippen MR) is 88.5 cm³/mol. The van der Waals surface area contributed by atoms with Crippen LogP contribution in [-0.2, 0) is 13.0 Å². The van der Waals surface area contributed by atoms with Crippen LogP contribution in [0.25, 0.3) is 21.9 Å². The molecule has 116 valence electrons. The van der Waals surface area contributed by atoms with Gasteiger partial charge in [0.1, 0.15) is 11.3 Å². The number of rotatable bonds is 6. The summed E-state index contributed by atoms with van der Waals surface area (Å²) < 4.78 is 2.15. The van der Waals surface area contributed by atoms with E-state index in [9.17, 15) is 5.11 Å². The van der Waals surface area contributed by atoms with Crippen molar-refractivity contribution in [3.63, 3.8) is 0 Å². The zero-order valence-corrected chi connectivity index (χ0v) is 12.5. The molecule has 0 saturated heterocycles. The Hall–Kier alpha value is -2.18. The third-order valence-corrected chi connectivity index (χ3v) is 3.86. The molecule has 0 amide bonds. The highest BCUT2D eigenvalue weighted by atomic mass is 16.3. The number of unbranched alkanes of at least 4 members (excludes halogenated alkanes) is 1. The van der Waals surface area contributed by atoms with Crippen molar-refractivity contribution in [2.45, 2.75) is 25.8 Å². The number of para-hydroxylation sites is 1. The van der Waals surface area contributed by atoms with Gasteiger partial charge in [0.05, 0.1) is 17.6 Å². The van der Waals surface area contributed by atoms with Gasteiger partial charge < -0.3 is 21.1 Å². The van der Waals surface area contributed by atoms with Crippen molar-refractivity contribution >= 4 is 27.8 Å². The van der Waals surface area contributed by atoms with Crippen LogP contribution in [0.15, 0.2) is 24.3 Å². The highest BCUT2D eigenvalue weighted by Crippen LogP contribution is 2.29. The molecule has 0 saturated carbocycles. The van der Waals surface area contributed by atoms with E-state index < -0.39 is 0 Å². The maximum Gasteiger partial charge on any atom is 0.152 e. The van der Waals surface area contributed by atoms with Crippen molar-refractivity contribution in [3.8, 4) is 0 Å². The van der Waals surface area contributed by atoms with Crippen LogP contribution in [0.1, 0.15) is 18.7 Å². The number of fused-ring (bicyclic) bond motifs is 3. The number of aliphatic hydroxyl groups is 1. The van der Waals surface area contributed by atoms with Crippen molar-refractivity contribution in [2.24, 2.45) is 5.73 Å². The fraction of sp³-hybridized carbons (Fsp3) is 0.375. The lowest BCUT2D eigenvalue weighted by Crippen LogP contribution is -2.08. The molecule has 2 aromatic heterocycles. The number of aromatic nitrogens is 3. The van der Waals surface area contributed by atoms with Crippen LogP contribution in [0.2, 0.25) is 0 Å². The molecule has 0 aliphatic carbocycles. The van der Waals surface area contributed by atoms with Crippen molar-refractivity contribution < 1.29 is 5.11 Å². The number of nitrogen functional groups attached to an aromatic ring is 1. The number of aryl methyl sites for hydroxylation is 1. The van der Waals surface area contributed by atoms with Crippen LogP contribution in [0.4, 0.5) is 5.82 Å². The van der Waals surface area contributed by atoms with Gasteiger partial charge in [0, 0.05) is 18.4 Å². The van der Waals surface area contributed by atoms with Gasteiger partial charge >= 0.3 is 0 Å². The van der Waals surface area contributed by atoms with Crippen LogP contribution >= 0.6 is 0 Å². The number of pyridine rings is 1. The van der Waals surface area contributed by atoms with Gasteiger partial charge in [-0.25, -0.2) is 9.97 Å². The van der Waals surface area contributed by atoms with E-state index >= 15 is 0 Å². The summed E-state index contributed by atoms with van der Waals surface area (Å²) in [5.74, 6) is 1.28. The molecule has 22 heavy (non-hydrogen) atoms. The Kier molecular flexibility index (Phi) is 4.22. The number of aliphatic hydroxyl groups excluding tert-OH is 1. The lowest BCUT2D eigenvalue weighted by atomic mass is 10.2. The first-order valence-electron chi connectivity index (χ1n) is 7.60. The fourth-order valence-corrected chi connectivity index (χ4v) is 2.85. The summed E-state index contributed by atoms with van der Waals surface area (Å²) in [5.41, 5.74) is 14.3. The van der Waals surface area contributed by atoms with Gasteiger partial charge in [0.15, 0.2) is 5.82 Å². The van der Waals surface area contributed by atoms with E-state index in [-0.39, 0.29) is 6.61 Å². The SMILES string of the molecule is NCCCCn1c(CCO)nc2c(N)nc3ccccc3c21. The van der Waals surface area contributed by atoms with Gasteiger partial charge in [-0.1, -0.05) is 18.2 Å². The highest BCUT2D eigenvalue weighted by Gasteiger charge is 2.16. The molecule has 6 heteroatoms. The quantitative estimate of drug-likeness (QED) is 0.598. The third kappa shape index (κ3) is 2.51. The molecule has 0 aliphatic heterocycles. The lowest BCUT2D eigenvalue weighted by molar-refractivity contribution is 0.294. The van der Waals surface area contributed by atoms with Crippen molar-refractivity contribution in [2.75, 3.05) is 18.9 Å². The molecule has 5 N–H and O–H groups in total. The monoisotopic (exact) mass is 299 g/mol. The van der Waals surface area contributed by atoms with Gasteiger partial charge in [-0.2, -0.15) is 0 Å². The van der Waals surface area contributed by atoms with E-state index in [1.165, 1.54) is 0 Å². The van der Waals surface area contributed by atoms with Crippen LogP contribution in [-0.4, -0.2) is 32.8 Å². The molecule has 0 atom stereocenters. The summed E-state index contributed by atoms with van der Waals surface area (Å²) in [5, 5.41) is 10.3. The number of nitrogens with two attached hydrogens (primary N) is 2. The third-order valence-electron chi connectivity index (χ3n) is 3.86. The Bertz CT molecular complexity index is 796. The number of hydrogen-bond donors (Lipinski definition) is 3. The van der Waals surface area contributed by atoms with Gasteiger partial charge in [0.2, 0.25) is 0 Å². The average molecular weight is 299 g/mol. The van der Waals surface area contributed by atoms with E-state index in [1.807, 2.05) is 24.3 Å². The number of hydrogen-bond acceptors (Lipinski definition) is 5. The normalized spacial score (nSPS) is 11.5. The molecule has 2 heterocycles. The molecular weight excluding hydrogens is 278 g/mol. The van der Waals surface area contributed by atoms with Crippen LogP contribution in [0, 0.1) is 0 Å². The second-order valence-electron chi connectivity index (χ2n) is 5.36. The fourth-order valence-electron chi connectivity index (χ4n) is 2.85. The van der Waals surface area contributed by atoms with Gasteiger partial charge in [-0.15, -0.1) is 0 Å². The molecule has 1 aromatic carbocycles. The minimum atomic E-state index is 0.0610. The van der Waals surface area contributed by atoms with Crippen molar-refractivity contribution in [1.29, 1.82) is 0 Å². The number of nitrogens with zero attached hydrogens (tertiary/aromatic N) is 3. The summed E-state index contributed by atoms with van der Waals surface area (Å²) in [4.78, 5) is 9.05. The maximum absolute atomic E-state index is 9.30. The Morgan fingerprint density at radius 1 is 1.14 bits per heavy atom. The standard InChI is InChI=1S/C16H21N5O/c17-8-3-4-9-21-13(7-10-22)20-14-15(21)11-5-1-2-6-12(11)19-16(14)18/h1-2,5-6,22H,3-4,7-10,17H2,(H2,18,19). The number of anilines is 1. The molecule has 0 fully saturated rings. The number of imidazole rings is 1. The van der Waals surface area contributed by atoms with Crippen molar-refractivity contribution in [3.05, 3.63) is 30.1 Å². The van der Waals surface area contributed by atoms with Crippen LogP contribution < -0.4 is 11.5 Å². The van der Waals surface area contributed by atoms with Gasteiger partial charge in [-0.05, 0) is 25.5 Å². The zero-order valence-electron chi connectivity index (χ0n) is 12.5. The molecular formula is C16H21N5O. The first kappa shape index (κ1) is 14.7. The number of benzene rings is 1. The van der Waals surface area contributed by atoms with Gasteiger partial charge in [-0.3, -0.25) is 0 Å². The van der Waals surface area contributed by atoms with E-state index in [4.69, 9.17) is 11.5 Å². The average Bonchev–Trinajstić information content (AvgIpc) is 2.88. The molecule has 3 aromatic rings. The lowest BCUT2D eigenvalue weighted by Gasteiger charge is -2.10. The zero-order chi connectivity index (χ0) is 15.5. The Balaban J connectivity index is 2.24. The van der Waals surface area contributed by atoms with Gasteiger partial charge in [0.25, 0.3) is 0 Å². The largest absolute Gasteiger partial charge is 0.396 e. The minimum absolute atomic E-state index is 0.0610. The second-order valence-corrected chi connectivity index (χ2v) is 5.36. The molecule has 0 spiro atoms.